The molecule has 3 rings (SSSR count). The monoisotopic (exact) mass is 437 g/mol. The summed E-state index contributed by atoms with van der Waals surface area (Å²) in [5, 5.41) is 10.7. The van der Waals surface area contributed by atoms with Gasteiger partial charge >= 0.3 is 5.97 Å². The first-order valence-electron chi connectivity index (χ1n) is 10.9. The van der Waals surface area contributed by atoms with E-state index in [4.69, 9.17) is 15.9 Å². The van der Waals surface area contributed by atoms with Crippen LogP contribution in [0.4, 0.5) is 5.69 Å². The number of rotatable bonds is 8. The highest BCUT2D eigenvalue weighted by Gasteiger charge is 2.31. The molecular weight excluding hydrogens is 406 g/mol. The van der Waals surface area contributed by atoms with E-state index in [2.05, 4.69) is 15.2 Å². The van der Waals surface area contributed by atoms with E-state index in [1.54, 1.807) is 30.6 Å². The third kappa shape index (κ3) is 5.84. The lowest BCUT2D eigenvalue weighted by molar-refractivity contribution is -0.146. The number of methoxy groups -OCH3 is 1. The minimum absolute atomic E-state index is 0.0269. The van der Waals surface area contributed by atoms with Crippen LogP contribution >= 0.6 is 0 Å². The van der Waals surface area contributed by atoms with Gasteiger partial charge in [-0.05, 0) is 49.9 Å². The Morgan fingerprint density at radius 3 is 2.56 bits per heavy atom. The van der Waals surface area contributed by atoms with Gasteiger partial charge in [0.25, 0.3) is 0 Å². The van der Waals surface area contributed by atoms with Gasteiger partial charge in [0.1, 0.15) is 5.84 Å². The van der Waals surface area contributed by atoms with E-state index in [9.17, 15) is 9.59 Å². The highest BCUT2D eigenvalue weighted by molar-refractivity contribution is 5.95. The number of nitrogens with two attached hydrogens (primary N) is 1. The Bertz CT molecular complexity index is 942. The van der Waals surface area contributed by atoms with Crippen LogP contribution in [-0.2, 0) is 20.7 Å². The van der Waals surface area contributed by atoms with Gasteiger partial charge in [-0.3, -0.25) is 20.0 Å². The molecule has 2 aromatic rings. The number of ether oxygens (including phenoxy) is 1. The Hall–Kier alpha value is -3.42. The first kappa shape index (κ1) is 23.2. The molecule has 0 spiro atoms. The van der Waals surface area contributed by atoms with Gasteiger partial charge in [0.05, 0.1) is 13.0 Å². The third-order valence-electron chi connectivity index (χ3n) is 6.06. The van der Waals surface area contributed by atoms with Gasteiger partial charge in [-0.2, -0.15) is 0 Å². The normalized spacial score (nSPS) is 16.1. The quantitative estimate of drug-likeness (QED) is 0.330. The summed E-state index contributed by atoms with van der Waals surface area (Å²) < 4.78 is 5.00. The number of nitrogen functional groups attached to an aromatic ring is 1. The number of amidine groups is 1. The maximum absolute atomic E-state index is 12.9. The van der Waals surface area contributed by atoms with Crippen molar-refractivity contribution in [2.24, 2.45) is 17.6 Å². The molecule has 32 heavy (non-hydrogen) atoms. The van der Waals surface area contributed by atoms with E-state index in [1.165, 1.54) is 7.11 Å². The average Bonchev–Trinajstić information content (AvgIpc) is 2.82. The molecule has 8 nitrogen and oxygen atoms in total. The number of amides is 1. The fourth-order valence-corrected chi connectivity index (χ4v) is 4.13. The van der Waals surface area contributed by atoms with Crippen LogP contribution in [-0.4, -0.2) is 48.9 Å². The summed E-state index contributed by atoms with van der Waals surface area (Å²) in [6.45, 7) is 3.43. The van der Waals surface area contributed by atoms with Crippen molar-refractivity contribution >= 4 is 23.4 Å². The van der Waals surface area contributed by atoms with Gasteiger partial charge in [0, 0.05) is 48.7 Å². The number of benzene rings is 1. The molecule has 2 heterocycles. The number of anilines is 1. The molecule has 2 unspecified atom stereocenters. The maximum Gasteiger partial charge on any atom is 0.311 e. The predicted octanol–water partition coefficient (Wildman–Crippen LogP) is 2.12. The molecule has 4 N–H and O–H groups in total. The smallest absolute Gasteiger partial charge is 0.311 e. The van der Waals surface area contributed by atoms with Gasteiger partial charge < -0.3 is 20.7 Å². The maximum atomic E-state index is 12.9. The highest BCUT2D eigenvalue weighted by Crippen LogP contribution is 2.24. The summed E-state index contributed by atoms with van der Waals surface area (Å²) in [4.78, 5) is 31.7. The Morgan fingerprint density at radius 2 is 1.94 bits per heavy atom. The minimum Gasteiger partial charge on any atom is -0.469 e. The first-order valence-corrected chi connectivity index (χ1v) is 10.9. The summed E-state index contributed by atoms with van der Waals surface area (Å²) in [6.07, 6.45) is 5.44. The fraction of sp³-hybridized carbons (Fsp3) is 0.417. The second kappa shape index (κ2) is 10.7. The van der Waals surface area contributed by atoms with Crippen molar-refractivity contribution < 1.29 is 14.3 Å². The lowest BCUT2D eigenvalue weighted by Gasteiger charge is -2.34. The molecule has 2 atom stereocenters. The van der Waals surface area contributed by atoms with Crippen LogP contribution < -0.4 is 16.0 Å². The zero-order chi connectivity index (χ0) is 23.1. The van der Waals surface area contributed by atoms with Crippen molar-refractivity contribution in [3.8, 4) is 0 Å². The number of pyridine rings is 1. The molecule has 0 aliphatic carbocycles. The summed E-state index contributed by atoms with van der Waals surface area (Å²) in [5.74, 6) is -1.06. The molecule has 0 radical (unpaired) electrons. The average molecular weight is 438 g/mol. The molecule has 1 aliphatic heterocycles. The molecule has 1 aliphatic rings. The standard InChI is InChI=1S/C24H31N5O3/c1-16(21(24(31)32-2)15-17-4-3-5-19(14-17)22(25)26)28-23(30)18-8-12-29(13-9-18)20-6-10-27-11-7-20/h3-7,10-11,14,16,18,21H,8-9,12-13,15H2,1-2H3,(H3,25,26)(H,28,30). The molecule has 0 bridgehead atoms. The lowest BCUT2D eigenvalue weighted by atomic mass is 9.90. The van der Waals surface area contributed by atoms with Gasteiger partial charge in [-0.25, -0.2) is 0 Å². The van der Waals surface area contributed by atoms with Gasteiger partial charge in [0.2, 0.25) is 5.91 Å². The number of nitrogens with zero attached hydrogens (tertiary/aromatic N) is 2. The first-order chi connectivity index (χ1) is 15.4. The topological polar surface area (TPSA) is 121 Å². The Morgan fingerprint density at radius 1 is 1.25 bits per heavy atom. The minimum atomic E-state index is -0.539. The zero-order valence-electron chi connectivity index (χ0n) is 18.6. The summed E-state index contributed by atoms with van der Waals surface area (Å²) >= 11 is 0. The molecule has 1 amide bonds. The number of carbonyl (C=O) groups excluding carboxylic acids is 2. The summed E-state index contributed by atoms with van der Waals surface area (Å²) in [7, 11) is 1.35. The van der Waals surface area contributed by atoms with Crippen LogP contribution in [0, 0.1) is 17.2 Å². The van der Waals surface area contributed by atoms with Crippen molar-refractivity contribution in [1.29, 1.82) is 5.41 Å². The number of piperidine rings is 1. The van der Waals surface area contributed by atoms with Crippen molar-refractivity contribution in [2.45, 2.75) is 32.2 Å². The van der Waals surface area contributed by atoms with Gasteiger partial charge in [0.15, 0.2) is 0 Å². The molecule has 0 saturated carbocycles. The third-order valence-corrected chi connectivity index (χ3v) is 6.06. The lowest BCUT2D eigenvalue weighted by Crippen LogP contribution is -2.47. The SMILES string of the molecule is COC(=O)C(Cc1cccc(C(=N)N)c1)C(C)NC(=O)C1CCN(c2ccncc2)CC1. The molecule has 170 valence electrons. The molecule has 8 heteroatoms. The van der Waals surface area contributed by atoms with E-state index < -0.39 is 12.0 Å². The van der Waals surface area contributed by atoms with Crippen LogP contribution in [0.5, 0.6) is 0 Å². The highest BCUT2D eigenvalue weighted by atomic mass is 16.5. The number of carbonyl (C=O) groups is 2. The molecule has 1 aromatic heterocycles. The second-order valence-corrected chi connectivity index (χ2v) is 8.21. The van der Waals surface area contributed by atoms with Gasteiger partial charge in [-0.1, -0.05) is 18.2 Å². The number of hydrogen-bond donors (Lipinski definition) is 3. The molecule has 1 saturated heterocycles. The number of aromatic nitrogens is 1. The van der Waals surface area contributed by atoms with Gasteiger partial charge in [-0.15, -0.1) is 0 Å². The summed E-state index contributed by atoms with van der Waals surface area (Å²) in [6, 6.07) is 10.8. The summed E-state index contributed by atoms with van der Waals surface area (Å²) in [5.41, 5.74) is 8.16. The van der Waals surface area contributed by atoms with Crippen molar-refractivity contribution in [3.05, 3.63) is 59.9 Å². The van der Waals surface area contributed by atoms with E-state index in [1.807, 2.05) is 25.1 Å². The molecule has 1 aromatic carbocycles. The van der Waals surface area contributed by atoms with Crippen molar-refractivity contribution in [2.75, 3.05) is 25.1 Å². The zero-order valence-corrected chi connectivity index (χ0v) is 18.6. The Kier molecular flexibility index (Phi) is 7.81. The molecular formula is C24H31N5O3. The van der Waals surface area contributed by atoms with Crippen LogP contribution in [0.15, 0.2) is 48.8 Å². The van der Waals surface area contributed by atoms with Crippen molar-refractivity contribution in [1.82, 2.24) is 10.3 Å². The van der Waals surface area contributed by atoms with E-state index in [-0.39, 0.29) is 23.6 Å². The van der Waals surface area contributed by atoms with Crippen LogP contribution in [0.3, 0.4) is 0 Å². The van der Waals surface area contributed by atoms with Crippen molar-refractivity contribution in [3.63, 3.8) is 0 Å². The second-order valence-electron chi connectivity index (χ2n) is 8.21. The Balaban J connectivity index is 1.60. The van der Waals surface area contributed by atoms with Crippen LogP contribution in [0.25, 0.3) is 0 Å². The largest absolute Gasteiger partial charge is 0.469 e. The van der Waals surface area contributed by atoms with E-state index >= 15 is 0 Å². The number of esters is 1. The van der Waals surface area contributed by atoms with E-state index in [0.29, 0.717) is 12.0 Å². The predicted molar refractivity (Wildman–Crippen MR) is 123 cm³/mol. The number of nitrogens with one attached hydrogen (secondary N) is 2. The fourth-order valence-electron chi connectivity index (χ4n) is 4.13. The van der Waals surface area contributed by atoms with Crippen LogP contribution in [0.1, 0.15) is 30.9 Å². The van der Waals surface area contributed by atoms with E-state index in [0.717, 1.165) is 37.2 Å². The Labute approximate surface area is 188 Å². The number of hydrogen-bond acceptors (Lipinski definition) is 6. The molecule has 1 fully saturated rings. The van der Waals surface area contributed by atoms with Crippen LogP contribution in [0.2, 0.25) is 0 Å².